The number of benzene rings is 1. The fourth-order valence-corrected chi connectivity index (χ4v) is 5.09. The van der Waals surface area contributed by atoms with E-state index >= 15 is 0 Å². The van der Waals surface area contributed by atoms with E-state index in [1.807, 2.05) is 19.0 Å². The Balaban J connectivity index is 2.15. The number of halogens is 2. The highest BCUT2D eigenvalue weighted by atomic mass is 35.5. The standard InChI is InChI=1S/C17H25Cl2N3O3S/c1-22(2)9-5-8-20-17(23)13-10-16(15(19)11-14(13)18)26(24,25)21-12-6-3-4-7-12/h10-12,21H,3-9H2,1-2H3,(H,20,23). The first-order valence-electron chi connectivity index (χ1n) is 8.65. The number of carbonyl (C=O) groups is 1. The van der Waals surface area contributed by atoms with Gasteiger partial charge in [0.05, 0.1) is 15.6 Å². The summed E-state index contributed by atoms with van der Waals surface area (Å²) >= 11 is 12.2. The highest BCUT2D eigenvalue weighted by Gasteiger charge is 2.26. The summed E-state index contributed by atoms with van der Waals surface area (Å²) in [5, 5.41) is 2.89. The third-order valence-corrected chi connectivity index (χ3v) is 6.60. The summed E-state index contributed by atoms with van der Waals surface area (Å²) in [6.45, 7) is 1.30. The average Bonchev–Trinajstić information content (AvgIpc) is 3.03. The number of carbonyl (C=O) groups excluding carboxylic acids is 1. The largest absolute Gasteiger partial charge is 0.352 e. The van der Waals surface area contributed by atoms with Gasteiger partial charge in [-0.25, -0.2) is 13.1 Å². The summed E-state index contributed by atoms with van der Waals surface area (Å²) in [7, 11) is 0.0907. The van der Waals surface area contributed by atoms with E-state index in [4.69, 9.17) is 23.2 Å². The Morgan fingerprint density at radius 1 is 1.19 bits per heavy atom. The van der Waals surface area contributed by atoms with Crippen LogP contribution in [0.5, 0.6) is 0 Å². The van der Waals surface area contributed by atoms with E-state index in [1.165, 1.54) is 12.1 Å². The number of hydrogen-bond acceptors (Lipinski definition) is 4. The summed E-state index contributed by atoms with van der Waals surface area (Å²) in [5.41, 5.74) is 0.104. The predicted octanol–water partition coefficient (Wildman–Crippen LogP) is 2.90. The second kappa shape index (κ2) is 9.37. The number of nitrogens with one attached hydrogen (secondary N) is 2. The molecule has 26 heavy (non-hydrogen) atoms. The molecule has 0 bridgehead atoms. The minimum absolute atomic E-state index is 0.00431. The fraction of sp³-hybridized carbons (Fsp3) is 0.588. The molecule has 1 aromatic carbocycles. The van der Waals surface area contributed by atoms with Crippen LogP contribution in [-0.4, -0.2) is 52.5 Å². The molecule has 0 spiro atoms. The fourth-order valence-electron chi connectivity index (χ4n) is 2.93. The molecule has 0 saturated heterocycles. The second-order valence-corrected chi connectivity index (χ2v) is 9.27. The van der Waals surface area contributed by atoms with Gasteiger partial charge in [-0.3, -0.25) is 4.79 Å². The lowest BCUT2D eigenvalue weighted by atomic mass is 10.2. The Bertz CT molecular complexity index is 748. The molecule has 1 saturated carbocycles. The van der Waals surface area contributed by atoms with Gasteiger partial charge in [0.2, 0.25) is 10.0 Å². The van der Waals surface area contributed by atoms with Gasteiger partial charge in [0.15, 0.2) is 0 Å². The molecular weight excluding hydrogens is 397 g/mol. The van der Waals surface area contributed by atoms with Gasteiger partial charge in [-0.1, -0.05) is 36.0 Å². The summed E-state index contributed by atoms with van der Waals surface area (Å²) in [4.78, 5) is 14.3. The van der Waals surface area contributed by atoms with Crippen LogP contribution in [0.1, 0.15) is 42.5 Å². The molecule has 1 amide bonds. The number of rotatable bonds is 8. The first kappa shape index (κ1) is 21.4. The van der Waals surface area contributed by atoms with Crippen LogP contribution in [0, 0.1) is 0 Å². The molecule has 0 heterocycles. The van der Waals surface area contributed by atoms with Crippen molar-refractivity contribution < 1.29 is 13.2 Å². The van der Waals surface area contributed by atoms with Crippen LogP contribution in [0.15, 0.2) is 17.0 Å². The van der Waals surface area contributed by atoms with Crippen molar-refractivity contribution in [1.29, 1.82) is 0 Å². The van der Waals surface area contributed by atoms with Crippen molar-refractivity contribution in [3.63, 3.8) is 0 Å². The molecule has 2 rings (SSSR count). The summed E-state index contributed by atoms with van der Waals surface area (Å²) < 4.78 is 28.0. The Morgan fingerprint density at radius 2 is 1.85 bits per heavy atom. The van der Waals surface area contributed by atoms with E-state index in [-0.39, 0.29) is 26.5 Å². The molecule has 1 aromatic rings. The zero-order chi connectivity index (χ0) is 19.3. The number of amides is 1. The van der Waals surface area contributed by atoms with E-state index < -0.39 is 15.9 Å². The number of sulfonamides is 1. The molecule has 6 nitrogen and oxygen atoms in total. The second-order valence-electron chi connectivity index (χ2n) is 6.78. The molecule has 0 radical (unpaired) electrons. The summed E-state index contributed by atoms with van der Waals surface area (Å²) in [5.74, 6) is -0.414. The maximum atomic E-state index is 12.7. The van der Waals surface area contributed by atoms with Crippen LogP contribution < -0.4 is 10.0 Å². The number of nitrogens with zero attached hydrogens (tertiary/aromatic N) is 1. The highest BCUT2D eigenvalue weighted by Crippen LogP contribution is 2.30. The third-order valence-electron chi connectivity index (χ3n) is 4.30. The van der Waals surface area contributed by atoms with Crippen molar-refractivity contribution in [3.05, 3.63) is 27.7 Å². The molecule has 0 aromatic heterocycles. The van der Waals surface area contributed by atoms with Crippen molar-refractivity contribution in [2.24, 2.45) is 0 Å². The quantitative estimate of drug-likeness (QED) is 0.632. The van der Waals surface area contributed by atoms with E-state index in [0.717, 1.165) is 38.6 Å². The van der Waals surface area contributed by atoms with Crippen molar-refractivity contribution in [1.82, 2.24) is 14.9 Å². The Kier molecular flexibility index (Phi) is 7.73. The van der Waals surface area contributed by atoms with Crippen molar-refractivity contribution in [2.45, 2.75) is 43.0 Å². The lowest BCUT2D eigenvalue weighted by Crippen LogP contribution is -2.33. The maximum Gasteiger partial charge on any atom is 0.252 e. The Morgan fingerprint density at radius 3 is 2.46 bits per heavy atom. The van der Waals surface area contributed by atoms with E-state index in [0.29, 0.717) is 6.54 Å². The van der Waals surface area contributed by atoms with Crippen molar-refractivity contribution in [2.75, 3.05) is 27.2 Å². The van der Waals surface area contributed by atoms with Gasteiger partial charge in [0.1, 0.15) is 4.90 Å². The molecule has 0 aliphatic heterocycles. The highest BCUT2D eigenvalue weighted by molar-refractivity contribution is 7.89. The maximum absolute atomic E-state index is 12.7. The molecule has 1 aliphatic rings. The zero-order valence-corrected chi connectivity index (χ0v) is 17.3. The number of hydrogen-bond donors (Lipinski definition) is 2. The average molecular weight is 422 g/mol. The van der Waals surface area contributed by atoms with E-state index in [9.17, 15) is 13.2 Å². The van der Waals surface area contributed by atoms with Gasteiger partial charge < -0.3 is 10.2 Å². The SMILES string of the molecule is CN(C)CCCNC(=O)c1cc(S(=O)(=O)NC2CCCC2)c(Cl)cc1Cl. The van der Waals surface area contributed by atoms with Crippen LogP contribution in [0.4, 0.5) is 0 Å². The Labute approximate surface area is 165 Å². The predicted molar refractivity (Wildman–Crippen MR) is 105 cm³/mol. The van der Waals surface area contributed by atoms with Gasteiger partial charge in [-0.2, -0.15) is 0 Å². The first-order chi connectivity index (χ1) is 12.2. The first-order valence-corrected chi connectivity index (χ1v) is 10.9. The molecule has 9 heteroatoms. The van der Waals surface area contributed by atoms with Crippen LogP contribution in [0.2, 0.25) is 10.0 Å². The molecule has 1 aliphatic carbocycles. The molecule has 1 fully saturated rings. The summed E-state index contributed by atoms with van der Waals surface area (Å²) in [6.07, 6.45) is 4.40. The molecule has 2 N–H and O–H groups in total. The van der Waals surface area contributed by atoms with Crippen molar-refractivity contribution in [3.8, 4) is 0 Å². The lowest BCUT2D eigenvalue weighted by molar-refractivity contribution is 0.0952. The smallest absolute Gasteiger partial charge is 0.252 e. The van der Waals surface area contributed by atoms with E-state index in [2.05, 4.69) is 10.0 Å². The van der Waals surface area contributed by atoms with Crippen LogP contribution in [0.25, 0.3) is 0 Å². The minimum atomic E-state index is -3.81. The van der Waals surface area contributed by atoms with Crippen molar-refractivity contribution >= 4 is 39.1 Å². The van der Waals surface area contributed by atoms with Gasteiger partial charge in [-0.05, 0) is 52.0 Å². The van der Waals surface area contributed by atoms with Gasteiger partial charge in [0.25, 0.3) is 5.91 Å². The lowest BCUT2D eigenvalue weighted by Gasteiger charge is -2.15. The zero-order valence-electron chi connectivity index (χ0n) is 15.0. The van der Waals surface area contributed by atoms with Crippen LogP contribution in [-0.2, 0) is 10.0 Å². The van der Waals surface area contributed by atoms with E-state index in [1.54, 1.807) is 0 Å². The summed E-state index contributed by atoms with van der Waals surface area (Å²) in [6, 6.07) is 2.47. The van der Waals surface area contributed by atoms with Gasteiger partial charge in [0, 0.05) is 12.6 Å². The van der Waals surface area contributed by atoms with Crippen LogP contribution in [0.3, 0.4) is 0 Å². The Hall–Kier alpha value is -0.860. The van der Waals surface area contributed by atoms with Gasteiger partial charge >= 0.3 is 0 Å². The minimum Gasteiger partial charge on any atom is -0.352 e. The monoisotopic (exact) mass is 421 g/mol. The molecule has 0 unspecified atom stereocenters. The topological polar surface area (TPSA) is 78.5 Å². The molecule has 146 valence electrons. The molecule has 0 atom stereocenters. The van der Waals surface area contributed by atoms with Crippen LogP contribution >= 0.6 is 23.2 Å². The third kappa shape index (κ3) is 5.82. The van der Waals surface area contributed by atoms with Gasteiger partial charge in [-0.15, -0.1) is 0 Å². The molecular formula is C17H25Cl2N3O3S. The normalized spacial score (nSPS) is 15.6.